The lowest BCUT2D eigenvalue weighted by molar-refractivity contribution is -0.125. The van der Waals surface area contributed by atoms with E-state index in [9.17, 15) is 23.3 Å². The van der Waals surface area contributed by atoms with Crippen LogP contribution < -0.4 is 10.6 Å². The van der Waals surface area contributed by atoms with Gasteiger partial charge in [-0.15, -0.1) is 0 Å². The molecule has 10 heteroatoms. The van der Waals surface area contributed by atoms with Crippen molar-refractivity contribution >= 4 is 33.4 Å². The monoisotopic (exact) mass is 485 g/mol. The molecule has 2 amide bonds. The van der Waals surface area contributed by atoms with Crippen molar-refractivity contribution in [1.82, 2.24) is 9.62 Å². The van der Waals surface area contributed by atoms with E-state index >= 15 is 0 Å². The Morgan fingerprint density at radius 1 is 1.26 bits per heavy atom. The second-order valence-electron chi connectivity index (χ2n) is 9.45. The van der Waals surface area contributed by atoms with Crippen LogP contribution in [0.2, 0.25) is 0 Å². The smallest absolute Gasteiger partial charge is 0.253 e. The van der Waals surface area contributed by atoms with Gasteiger partial charge in [0.1, 0.15) is 11.4 Å². The lowest BCUT2D eigenvalue weighted by atomic mass is 9.88. The summed E-state index contributed by atoms with van der Waals surface area (Å²) in [6, 6.07) is 6.96. The molecule has 2 aliphatic heterocycles. The molecular weight excluding hydrogens is 454 g/mol. The number of nitrogens with zero attached hydrogens (tertiary/aromatic N) is 3. The molecule has 1 saturated heterocycles. The zero-order valence-corrected chi connectivity index (χ0v) is 20.3. The molecular formula is C24H31N5O4S. The second kappa shape index (κ2) is 9.84. The van der Waals surface area contributed by atoms with Gasteiger partial charge in [-0.05, 0) is 49.8 Å². The maximum Gasteiger partial charge on any atom is 0.253 e. The number of nitriles is 1. The normalized spacial score (nSPS) is 21.1. The van der Waals surface area contributed by atoms with Gasteiger partial charge in [0.2, 0.25) is 15.9 Å². The summed E-state index contributed by atoms with van der Waals surface area (Å²) < 4.78 is 27.5. The molecule has 0 bridgehead atoms. The number of amides is 2. The molecule has 1 saturated carbocycles. The number of hydrogen-bond donors (Lipinski definition) is 2. The molecule has 0 radical (unpaired) electrons. The summed E-state index contributed by atoms with van der Waals surface area (Å²) in [6.07, 6.45) is 6.58. The number of nitrogens with one attached hydrogen (secondary N) is 2. The maximum atomic E-state index is 13.0. The highest BCUT2D eigenvalue weighted by Crippen LogP contribution is 2.35. The fraction of sp³-hybridized carbons (Fsp3) is 0.583. The van der Waals surface area contributed by atoms with E-state index in [0.29, 0.717) is 35.6 Å². The van der Waals surface area contributed by atoms with Crippen molar-refractivity contribution in [2.75, 3.05) is 24.2 Å². The van der Waals surface area contributed by atoms with Crippen LogP contribution in [0.1, 0.15) is 63.0 Å². The molecule has 182 valence electrons. The molecule has 2 heterocycles. The van der Waals surface area contributed by atoms with Gasteiger partial charge in [-0.2, -0.15) is 5.26 Å². The van der Waals surface area contributed by atoms with E-state index in [0.717, 1.165) is 31.5 Å². The predicted octanol–water partition coefficient (Wildman–Crippen LogP) is 2.33. The van der Waals surface area contributed by atoms with E-state index < -0.39 is 15.6 Å². The zero-order chi connectivity index (χ0) is 24.3. The Morgan fingerprint density at radius 3 is 2.62 bits per heavy atom. The van der Waals surface area contributed by atoms with Crippen molar-refractivity contribution in [3.8, 4) is 6.07 Å². The van der Waals surface area contributed by atoms with Crippen molar-refractivity contribution in [1.29, 1.82) is 5.26 Å². The third-order valence-electron chi connectivity index (χ3n) is 7.11. The topological polar surface area (TPSA) is 132 Å². The van der Waals surface area contributed by atoms with Gasteiger partial charge in [0.15, 0.2) is 0 Å². The largest absolute Gasteiger partial charge is 0.326 e. The van der Waals surface area contributed by atoms with E-state index in [1.165, 1.54) is 17.6 Å². The van der Waals surface area contributed by atoms with Gasteiger partial charge in [-0.25, -0.2) is 12.7 Å². The number of sulfonamides is 1. The van der Waals surface area contributed by atoms with Crippen molar-refractivity contribution in [3.63, 3.8) is 0 Å². The minimum absolute atomic E-state index is 0.0944. The number of amidine groups is 1. The van der Waals surface area contributed by atoms with Crippen LogP contribution in [0.4, 0.5) is 5.69 Å². The number of carbonyl (C=O) groups excluding carboxylic acids is 2. The molecule has 3 aliphatic rings. The number of hydrogen-bond acceptors (Lipinski definition) is 6. The summed E-state index contributed by atoms with van der Waals surface area (Å²) >= 11 is 0. The Morgan fingerprint density at radius 2 is 1.97 bits per heavy atom. The Labute approximate surface area is 200 Å². The summed E-state index contributed by atoms with van der Waals surface area (Å²) in [7, 11) is -3.56. The fourth-order valence-corrected chi connectivity index (χ4v) is 6.61. The van der Waals surface area contributed by atoms with Gasteiger partial charge in [0.25, 0.3) is 5.91 Å². The Hall–Kier alpha value is -2.77. The average molecular weight is 486 g/mol. The molecule has 2 N–H and O–H groups in total. The number of anilines is 1. The van der Waals surface area contributed by atoms with Crippen LogP contribution in [0, 0.1) is 17.2 Å². The van der Waals surface area contributed by atoms with Crippen molar-refractivity contribution in [2.45, 2.75) is 63.8 Å². The molecule has 2 fully saturated rings. The molecule has 0 atom stereocenters. The SMILES string of the molecule is CC(=O)Nc1ccc(CCS(=O)(=O)N2CCC3(CC2)N=C(C2CCCCC2)NC3=O)c(C#N)c1. The Bertz CT molecular complexity index is 1140. The van der Waals surface area contributed by atoms with Crippen LogP contribution in [0.3, 0.4) is 0 Å². The Balaban J connectivity index is 1.38. The van der Waals surface area contributed by atoms with E-state index in [1.54, 1.807) is 18.2 Å². The molecule has 0 aromatic heterocycles. The van der Waals surface area contributed by atoms with Gasteiger partial charge in [-0.1, -0.05) is 25.3 Å². The summed E-state index contributed by atoms with van der Waals surface area (Å²) in [5.74, 6) is 0.644. The van der Waals surface area contributed by atoms with Gasteiger partial charge < -0.3 is 10.6 Å². The molecule has 1 aliphatic carbocycles. The quantitative estimate of drug-likeness (QED) is 0.638. The van der Waals surface area contributed by atoms with Crippen LogP contribution in [0.5, 0.6) is 0 Å². The van der Waals surface area contributed by atoms with Crippen LogP contribution in [0.15, 0.2) is 23.2 Å². The van der Waals surface area contributed by atoms with E-state index in [4.69, 9.17) is 4.99 Å². The number of aliphatic imine (C=N–C) groups is 1. The summed E-state index contributed by atoms with van der Waals surface area (Å²) in [5.41, 5.74) is 0.614. The van der Waals surface area contributed by atoms with E-state index in [1.807, 2.05) is 0 Å². The van der Waals surface area contributed by atoms with E-state index in [2.05, 4.69) is 16.7 Å². The lowest BCUT2D eigenvalue weighted by Gasteiger charge is -2.34. The second-order valence-corrected chi connectivity index (χ2v) is 11.5. The fourth-order valence-electron chi connectivity index (χ4n) is 5.13. The first-order valence-corrected chi connectivity index (χ1v) is 13.5. The van der Waals surface area contributed by atoms with Crippen molar-refractivity contribution in [3.05, 3.63) is 29.3 Å². The third kappa shape index (κ3) is 5.15. The predicted molar refractivity (Wildman–Crippen MR) is 129 cm³/mol. The number of rotatable bonds is 6. The molecule has 34 heavy (non-hydrogen) atoms. The first-order chi connectivity index (χ1) is 16.2. The zero-order valence-electron chi connectivity index (χ0n) is 19.5. The number of carbonyl (C=O) groups is 2. The molecule has 0 unspecified atom stereocenters. The highest BCUT2D eigenvalue weighted by Gasteiger charge is 2.48. The lowest BCUT2D eigenvalue weighted by Crippen LogP contribution is -2.51. The maximum absolute atomic E-state index is 13.0. The number of aryl methyl sites for hydroxylation is 1. The summed E-state index contributed by atoms with van der Waals surface area (Å²) in [5, 5.41) is 15.1. The Kier molecular flexibility index (Phi) is 7.05. The average Bonchev–Trinajstić information content (AvgIpc) is 3.14. The van der Waals surface area contributed by atoms with Crippen LogP contribution in [-0.4, -0.2) is 54.8 Å². The van der Waals surface area contributed by atoms with Crippen molar-refractivity contribution in [2.24, 2.45) is 10.9 Å². The van der Waals surface area contributed by atoms with Gasteiger partial charge in [0.05, 0.1) is 17.4 Å². The van der Waals surface area contributed by atoms with E-state index in [-0.39, 0.29) is 37.1 Å². The molecule has 9 nitrogen and oxygen atoms in total. The summed E-state index contributed by atoms with van der Waals surface area (Å²) in [4.78, 5) is 28.8. The number of piperidine rings is 1. The molecule has 1 aromatic carbocycles. The highest BCUT2D eigenvalue weighted by atomic mass is 32.2. The highest BCUT2D eigenvalue weighted by molar-refractivity contribution is 7.89. The standard InChI is InChI=1S/C24H31N5O4S/c1-17(30)26-21-8-7-18(20(15-21)16-25)9-14-34(32,33)29-12-10-24(11-13-29)23(31)27-22(28-24)19-5-3-2-4-6-19/h7-8,15,19H,2-6,9-14H2,1H3,(H,26,30)(H,27,28,31). The van der Waals surface area contributed by atoms with Crippen LogP contribution >= 0.6 is 0 Å². The van der Waals surface area contributed by atoms with Crippen LogP contribution in [0.25, 0.3) is 0 Å². The van der Waals surface area contributed by atoms with Crippen LogP contribution in [-0.2, 0) is 26.0 Å². The van der Waals surface area contributed by atoms with Gasteiger partial charge in [-0.3, -0.25) is 14.6 Å². The first-order valence-electron chi connectivity index (χ1n) is 11.9. The molecule has 1 aromatic rings. The van der Waals surface area contributed by atoms with Gasteiger partial charge in [0, 0.05) is 31.6 Å². The number of benzene rings is 1. The first kappa shape index (κ1) is 24.4. The summed E-state index contributed by atoms with van der Waals surface area (Å²) in [6.45, 7) is 1.89. The third-order valence-corrected chi connectivity index (χ3v) is 8.99. The van der Waals surface area contributed by atoms with Crippen molar-refractivity contribution < 1.29 is 18.0 Å². The molecule has 4 rings (SSSR count). The minimum Gasteiger partial charge on any atom is -0.326 e. The van der Waals surface area contributed by atoms with Gasteiger partial charge >= 0.3 is 0 Å². The molecule has 1 spiro atoms. The minimum atomic E-state index is -3.56.